The predicted octanol–water partition coefficient (Wildman–Crippen LogP) is -0.289. The zero-order valence-corrected chi connectivity index (χ0v) is 10.6. The Morgan fingerprint density at radius 2 is 1.20 bits per heavy atom. The molecule has 1 aliphatic heterocycles. The van der Waals surface area contributed by atoms with Gasteiger partial charge in [0, 0.05) is 11.8 Å². The van der Waals surface area contributed by atoms with Crippen LogP contribution in [-0.2, 0) is 19.2 Å². The number of nitrogens with one attached hydrogen (secondary N) is 1. The molecule has 0 aromatic rings. The van der Waals surface area contributed by atoms with Gasteiger partial charge in [0.1, 0.15) is 11.6 Å². The molecule has 1 heterocycles. The fraction of sp³-hybridized carbons (Fsp3) is 0.600. The minimum atomic E-state index is -0.269. The zero-order valence-electron chi connectivity index (χ0n) is 10.6. The molecule has 0 radical (unpaired) electrons. The number of carbonyl (C=O) groups excluding carboxylic acids is 4. The Hall–Kier alpha value is -1.78. The first-order valence-corrected chi connectivity index (χ1v) is 7.18. The quantitative estimate of drug-likeness (QED) is 0.373. The first-order valence-electron chi connectivity index (χ1n) is 7.18. The highest BCUT2D eigenvalue weighted by Gasteiger charge is 2.72. The molecule has 2 amide bonds. The van der Waals surface area contributed by atoms with Gasteiger partial charge in [-0.1, -0.05) is 12.2 Å². The number of allylic oxidation sites excluding steroid dienone is 2. The van der Waals surface area contributed by atoms with E-state index >= 15 is 0 Å². The van der Waals surface area contributed by atoms with Crippen molar-refractivity contribution in [3.8, 4) is 0 Å². The maximum atomic E-state index is 12.1. The van der Waals surface area contributed by atoms with Crippen molar-refractivity contribution in [1.29, 1.82) is 0 Å². The van der Waals surface area contributed by atoms with Crippen molar-refractivity contribution < 1.29 is 19.2 Å². The van der Waals surface area contributed by atoms with Gasteiger partial charge in [-0.05, 0) is 23.7 Å². The summed E-state index contributed by atoms with van der Waals surface area (Å²) in [6, 6.07) is 0. The average Bonchev–Trinajstić information content (AvgIpc) is 2.78. The third-order valence-corrected chi connectivity index (χ3v) is 6.27. The second-order valence-corrected chi connectivity index (χ2v) is 6.76. The van der Waals surface area contributed by atoms with Crippen LogP contribution < -0.4 is 5.32 Å². The van der Waals surface area contributed by atoms with E-state index in [0.717, 1.165) is 0 Å². The van der Waals surface area contributed by atoms with E-state index in [9.17, 15) is 19.2 Å². The molecule has 1 saturated heterocycles. The van der Waals surface area contributed by atoms with E-state index in [1.165, 1.54) is 0 Å². The molecule has 0 spiro atoms. The molecule has 0 aromatic heterocycles. The largest absolute Gasteiger partial charge is 0.299 e. The molecular weight excluding hydrogens is 258 g/mol. The highest BCUT2D eigenvalue weighted by atomic mass is 16.2. The highest BCUT2D eigenvalue weighted by Crippen LogP contribution is 2.67. The van der Waals surface area contributed by atoms with Gasteiger partial charge < -0.3 is 0 Å². The summed E-state index contributed by atoms with van der Waals surface area (Å²) in [5, 5.41) is 2.42. The summed E-state index contributed by atoms with van der Waals surface area (Å²) in [7, 11) is 0. The number of hydrogen-bond donors (Lipinski definition) is 1. The molecule has 6 rings (SSSR count). The maximum Gasteiger partial charge on any atom is 0.230 e. The molecule has 6 aliphatic rings. The Morgan fingerprint density at radius 1 is 0.750 bits per heavy atom. The van der Waals surface area contributed by atoms with Gasteiger partial charge in [0.15, 0.2) is 0 Å². The van der Waals surface area contributed by atoms with Crippen LogP contribution in [0.4, 0.5) is 0 Å². The molecule has 0 aromatic carbocycles. The predicted molar refractivity (Wildman–Crippen MR) is 64.8 cm³/mol. The van der Waals surface area contributed by atoms with Gasteiger partial charge in [-0.2, -0.15) is 0 Å². The number of ketones is 2. The number of Topliss-reactive ketones (excluding diaryl/α,β-unsaturated/α-hetero) is 2. The van der Waals surface area contributed by atoms with Crippen molar-refractivity contribution in [3.63, 3.8) is 0 Å². The van der Waals surface area contributed by atoms with Crippen LogP contribution in [0.5, 0.6) is 0 Å². The summed E-state index contributed by atoms with van der Waals surface area (Å²) in [5.41, 5.74) is 0. The fourth-order valence-corrected chi connectivity index (χ4v) is 5.72. The summed E-state index contributed by atoms with van der Waals surface area (Å²) in [6.07, 6.45) is 4.09. The number of imide groups is 1. The molecule has 20 heavy (non-hydrogen) atoms. The zero-order chi connectivity index (χ0) is 13.8. The lowest BCUT2D eigenvalue weighted by Gasteiger charge is -2.60. The van der Waals surface area contributed by atoms with Crippen LogP contribution in [0, 0.1) is 47.3 Å². The Balaban J connectivity index is 1.63. The summed E-state index contributed by atoms with van der Waals surface area (Å²) in [6.45, 7) is 0. The molecule has 1 N–H and O–H groups in total. The summed E-state index contributed by atoms with van der Waals surface area (Å²) < 4.78 is 0. The fourth-order valence-electron chi connectivity index (χ4n) is 5.72. The lowest BCUT2D eigenvalue weighted by atomic mass is 9.40. The number of amides is 2. The number of rotatable bonds is 0. The number of carbonyl (C=O) groups is 4. The van der Waals surface area contributed by atoms with Crippen molar-refractivity contribution in [2.45, 2.75) is 6.42 Å². The Labute approximate surface area is 114 Å². The van der Waals surface area contributed by atoms with Crippen LogP contribution in [0.3, 0.4) is 0 Å². The molecular formula is C15H13NO4. The molecule has 4 fully saturated rings. The van der Waals surface area contributed by atoms with Gasteiger partial charge in [-0.15, -0.1) is 0 Å². The highest BCUT2D eigenvalue weighted by molar-refractivity contribution is 6.11. The van der Waals surface area contributed by atoms with E-state index in [1.54, 1.807) is 0 Å². The van der Waals surface area contributed by atoms with Crippen molar-refractivity contribution in [2.75, 3.05) is 0 Å². The van der Waals surface area contributed by atoms with Crippen LogP contribution in [0.1, 0.15) is 6.42 Å². The van der Waals surface area contributed by atoms with Crippen molar-refractivity contribution in [1.82, 2.24) is 5.32 Å². The van der Waals surface area contributed by atoms with Gasteiger partial charge in [0.05, 0.1) is 18.3 Å². The van der Waals surface area contributed by atoms with Crippen molar-refractivity contribution >= 4 is 23.4 Å². The summed E-state index contributed by atoms with van der Waals surface area (Å²) in [5.74, 6) is -1.19. The normalized spacial score (nSPS) is 54.4. The summed E-state index contributed by atoms with van der Waals surface area (Å²) in [4.78, 5) is 48.0. The first kappa shape index (κ1) is 10.9. The SMILES string of the molecule is O=C1CC(=O)C2C3C=CC(C12)C1C2C(=O)NC(=O)C2C31. The summed E-state index contributed by atoms with van der Waals surface area (Å²) >= 11 is 0. The van der Waals surface area contributed by atoms with Crippen molar-refractivity contribution in [3.05, 3.63) is 12.2 Å². The van der Waals surface area contributed by atoms with Gasteiger partial charge in [0.2, 0.25) is 11.8 Å². The molecule has 5 heteroatoms. The maximum absolute atomic E-state index is 12.1. The first-order chi connectivity index (χ1) is 9.59. The average molecular weight is 271 g/mol. The Kier molecular flexibility index (Phi) is 1.70. The van der Waals surface area contributed by atoms with E-state index in [4.69, 9.17) is 0 Å². The minimum absolute atomic E-state index is 0.0214. The topological polar surface area (TPSA) is 80.3 Å². The lowest BCUT2D eigenvalue weighted by Crippen LogP contribution is -2.63. The van der Waals surface area contributed by atoms with E-state index in [1.807, 2.05) is 12.2 Å². The third kappa shape index (κ3) is 0.940. The molecule has 8 atom stereocenters. The molecule has 5 aliphatic carbocycles. The Bertz CT molecular complexity index is 584. The van der Waals surface area contributed by atoms with Crippen LogP contribution >= 0.6 is 0 Å². The van der Waals surface area contributed by atoms with Crippen LogP contribution in [-0.4, -0.2) is 23.4 Å². The van der Waals surface area contributed by atoms with Gasteiger partial charge >= 0.3 is 0 Å². The van der Waals surface area contributed by atoms with Gasteiger partial charge in [-0.3, -0.25) is 24.5 Å². The van der Waals surface area contributed by atoms with E-state index < -0.39 is 0 Å². The molecule has 2 bridgehead atoms. The van der Waals surface area contributed by atoms with E-state index in [2.05, 4.69) is 5.32 Å². The number of fused-ring (bicyclic) bond motifs is 1. The monoisotopic (exact) mass is 271 g/mol. The van der Waals surface area contributed by atoms with E-state index in [0.29, 0.717) is 0 Å². The molecule has 102 valence electrons. The van der Waals surface area contributed by atoms with Gasteiger partial charge in [0.25, 0.3) is 0 Å². The van der Waals surface area contributed by atoms with Crippen LogP contribution in [0.2, 0.25) is 0 Å². The molecule has 3 saturated carbocycles. The number of hydrogen-bond acceptors (Lipinski definition) is 4. The smallest absolute Gasteiger partial charge is 0.230 e. The standard InChI is InChI=1S/C15H13NO4/c17-6-3-7(18)9-5-2-1-4(8(6)9)10-11(5)13-12(10)14(19)16-15(13)20/h1-2,4-5,8-13H,3H2,(H,16,19,20). The molecule has 8 unspecified atom stereocenters. The van der Waals surface area contributed by atoms with Crippen LogP contribution in [0.25, 0.3) is 0 Å². The van der Waals surface area contributed by atoms with Crippen LogP contribution in [0.15, 0.2) is 12.2 Å². The minimum Gasteiger partial charge on any atom is -0.299 e. The Morgan fingerprint density at radius 3 is 1.65 bits per heavy atom. The van der Waals surface area contributed by atoms with Crippen molar-refractivity contribution in [2.24, 2.45) is 47.3 Å². The van der Waals surface area contributed by atoms with Gasteiger partial charge in [-0.25, -0.2) is 0 Å². The second-order valence-electron chi connectivity index (χ2n) is 6.76. The molecule has 5 nitrogen and oxygen atoms in total. The third-order valence-electron chi connectivity index (χ3n) is 6.27. The second kappa shape index (κ2) is 3.10. The van der Waals surface area contributed by atoms with E-state index in [-0.39, 0.29) is 77.1 Å². The lowest BCUT2D eigenvalue weighted by molar-refractivity contribution is -0.166.